The van der Waals surface area contributed by atoms with Crippen LogP contribution in [-0.4, -0.2) is 48.1 Å². The van der Waals surface area contributed by atoms with E-state index >= 15 is 0 Å². The molecular formula is C47H78N2O6. The molecule has 5 rings (SSSR count). The molecule has 0 saturated heterocycles. The highest BCUT2D eigenvalue weighted by molar-refractivity contribution is 5.84. The molecule has 2 amide bonds. The molecule has 8 heteroatoms. The Morgan fingerprint density at radius 2 is 1.42 bits per heavy atom. The standard InChI is InChI=1S/C47H78N2O6/c1-9-18-40(53)55-37-23-24-44(6)35(43(37,4)5)22-25-46(8)36(44)21-20-33-34-31-42(2,3)26-28-47(34,29-27-45(33,46)7)41(54)48-30-17-15-13-11-10-12-14-16-19-38(50)49-32-39(51)52/h20,34-37H,9-19,21-32H2,1-8H3,(H,48,54)(H,49,50)(H,51,52)/t34?,35?,36?,37-,44-,45+,46+,47-/m0/s1. The molecule has 8 atom stereocenters. The number of unbranched alkanes of at least 4 members (excludes halogenated alkanes) is 7. The summed E-state index contributed by atoms with van der Waals surface area (Å²) in [4.78, 5) is 49.4. The molecule has 4 fully saturated rings. The van der Waals surface area contributed by atoms with Crippen LogP contribution in [0.15, 0.2) is 11.6 Å². The summed E-state index contributed by atoms with van der Waals surface area (Å²) in [5.41, 5.74) is 1.92. The van der Waals surface area contributed by atoms with Crippen molar-refractivity contribution in [2.75, 3.05) is 13.1 Å². The zero-order valence-corrected chi connectivity index (χ0v) is 36.1. The van der Waals surface area contributed by atoms with Crippen LogP contribution in [0.25, 0.3) is 0 Å². The lowest BCUT2D eigenvalue weighted by Crippen LogP contribution is -2.65. The van der Waals surface area contributed by atoms with Gasteiger partial charge in [-0.3, -0.25) is 19.2 Å². The first-order chi connectivity index (χ1) is 25.9. The molecule has 3 unspecified atom stereocenters. The highest BCUT2D eigenvalue weighted by Crippen LogP contribution is 2.76. The van der Waals surface area contributed by atoms with Crippen molar-refractivity contribution in [2.45, 2.75) is 196 Å². The number of ether oxygens (including phenoxy) is 1. The molecule has 3 N–H and O–H groups in total. The van der Waals surface area contributed by atoms with Gasteiger partial charge in [-0.05, 0) is 123 Å². The molecule has 5 aliphatic rings. The molecule has 0 aromatic rings. The molecule has 0 aromatic heterocycles. The summed E-state index contributed by atoms with van der Waals surface area (Å²) in [6.45, 7) is 19.9. The first-order valence-corrected chi connectivity index (χ1v) is 22.5. The number of aliphatic carboxylic acids is 1. The van der Waals surface area contributed by atoms with Crippen LogP contribution < -0.4 is 10.6 Å². The van der Waals surface area contributed by atoms with Crippen molar-refractivity contribution >= 4 is 23.8 Å². The lowest BCUT2D eigenvalue weighted by molar-refractivity contribution is -0.213. The molecule has 8 nitrogen and oxygen atoms in total. The van der Waals surface area contributed by atoms with Crippen LogP contribution in [0.2, 0.25) is 0 Å². The Bertz CT molecular complexity index is 1440. The largest absolute Gasteiger partial charge is 0.480 e. The van der Waals surface area contributed by atoms with Crippen LogP contribution in [0.5, 0.6) is 0 Å². The number of hydrogen-bond donors (Lipinski definition) is 3. The van der Waals surface area contributed by atoms with Crippen LogP contribution in [0.4, 0.5) is 0 Å². The van der Waals surface area contributed by atoms with Crippen molar-refractivity contribution in [1.82, 2.24) is 10.6 Å². The van der Waals surface area contributed by atoms with Gasteiger partial charge in [0.1, 0.15) is 12.6 Å². The number of nitrogens with one attached hydrogen (secondary N) is 2. The predicted octanol–water partition coefficient (Wildman–Crippen LogP) is 10.3. The molecule has 312 valence electrons. The van der Waals surface area contributed by atoms with E-state index in [0.29, 0.717) is 36.5 Å². The SMILES string of the molecule is CCCC(=O)O[C@H]1CC[C@@]2(C)C(CC[C@]3(C)C2CC=C2C4CC(C)(C)CC[C@]4(C(=O)NCCCCCCCCCCC(=O)NCC(=O)O)CC[C@]23C)C1(C)C. The summed E-state index contributed by atoms with van der Waals surface area (Å²) in [6.07, 6.45) is 23.7. The first kappa shape index (κ1) is 43.7. The number of hydrogen-bond acceptors (Lipinski definition) is 5. The maximum Gasteiger partial charge on any atom is 0.322 e. The molecule has 4 saturated carbocycles. The van der Waals surface area contributed by atoms with E-state index < -0.39 is 5.97 Å². The Morgan fingerprint density at radius 1 is 0.764 bits per heavy atom. The van der Waals surface area contributed by atoms with Gasteiger partial charge in [0.15, 0.2) is 0 Å². The third-order valence-electron chi connectivity index (χ3n) is 16.8. The van der Waals surface area contributed by atoms with Gasteiger partial charge in [0, 0.05) is 24.8 Å². The average molecular weight is 767 g/mol. The van der Waals surface area contributed by atoms with Gasteiger partial charge < -0.3 is 20.5 Å². The molecule has 0 heterocycles. The second-order valence-corrected chi connectivity index (χ2v) is 21.0. The Kier molecular flexibility index (Phi) is 13.7. The quantitative estimate of drug-likeness (QED) is 0.0770. The van der Waals surface area contributed by atoms with E-state index in [1.807, 2.05) is 6.92 Å². The predicted molar refractivity (Wildman–Crippen MR) is 219 cm³/mol. The van der Waals surface area contributed by atoms with Crippen molar-refractivity contribution in [3.63, 3.8) is 0 Å². The van der Waals surface area contributed by atoms with Gasteiger partial charge in [0.2, 0.25) is 11.8 Å². The van der Waals surface area contributed by atoms with E-state index in [0.717, 1.165) is 116 Å². The Morgan fingerprint density at radius 3 is 2.09 bits per heavy atom. The van der Waals surface area contributed by atoms with E-state index in [-0.39, 0.29) is 57.0 Å². The smallest absolute Gasteiger partial charge is 0.322 e. The highest BCUT2D eigenvalue weighted by Gasteiger charge is 2.69. The number of carbonyl (C=O) groups is 4. The fourth-order valence-corrected chi connectivity index (χ4v) is 13.4. The van der Waals surface area contributed by atoms with E-state index in [2.05, 4.69) is 65.2 Å². The number of allylic oxidation sites excluding steroid dienone is 2. The van der Waals surface area contributed by atoms with E-state index in [4.69, 9.17) is 9.84 Å². The minimum atomic E-state index is -1.01. The highest BCUT2D eigenvalue weighted by atomic mass is 16.5. The number of rotatable bonds is 17. The normalized spacial score (nSPS) is 35.8. The van der Waals surface area contributed by atoms with Gasteiger partial charge in [0.25, 0.3) is 0 Å². The summed E-state index contributed by atoms with van der Waals surface area (Å²) in [7, 11) is 0. The van der Waals surface area contributed by atoms with Gasteiger partial charge in [-0.25, -0.2) is 0 Å². The maximum absolute atomic E-state index is 14.5. The topological polar surface area (TPSA) is 122 Å². The summed E-state index contributed by atoms with van der Waals surface area (Å²) in [5.74, 6) is 0.474. The molecule has 0 bridgehead atoms. The average Bonchev–Trinajstić information content (AvgIpc) is 3.11. The monoisotopic (exact) mass is 767 g/mol. The number of esters is 1. The van der Waals surface area contributed by atoms with Crippen molar-refractivity contribution in [1.29, 1.82) is 0 Å². The summed E-state index contributed by atoms with van der Waals surface area (Å²) < 4.78 is 6.19. The number of carbonyl (C=O) groups excluding carboxylic acids is 3. The van der Waals surface area contributed by atoms with Crippen molar-refractivity contribution < 1.29 is 29.0 Å². The van der Waals surface area contributed by atoms with E-state index in [1.165, 1.54) is 12.8 Å². The van der Waals surface area contributed by atoms with Crippen LogP contribution in [0.1, 0.15) is 190 Å². The van der Waals surface area contributed by atoms with Crippen LogP contribution in [0.3, 0.4) is 0 Å². The third-order valence-corrected chi connectivity index (χ3v) is 16.8. The zero-order chi connectivity index (χ0) is 40.3. The zero-order valence-electron chi connectivity index (χ0n) is 36.1. The number of carboxylic acid groups (broad SMARTS) is 1. The maximum atomic E-state index is 14.5. The minimum absolute atomic E-state index is 0.00479. The van der Waals surface area contributed by atoms with Crippen LogP contribution in [-0.2, 0) is 23.9 Å². The number of amides is 2. The lowest BCUT2D eigenvalue weighted by atomic mass is 9.33. The molecule has 0 spiro atoms. The van der Waals surface area contributed by atoms with Crippen molar-refractivity contribution in [3.8, 4) is 0 Å². The van der Waals surface area contributed by atoms with Gasteiger partial charge >= 0.3 is 11.9 Å². The fraction of sp³-hybridized carbons (Fsp3) is 0.872. The minimum Gasteiger partial charge on any atom is -0.480 e. The van der Waals surface area contributed by atoms with E-state index in [1.54, 1.807) is 5.57 Å². The first-order valence-electron chi connectivity index (χ1n) is 22.5. The second kappa shape index (κ2) is 17.2. The van der Waals surface area contributed by atoms with Crippen LogP contribution >= 0.6 is 0 Å². The summed E-state index contributed by atoms with van der Waals surface area (Å²) in [5, 5.41) is 14.6. The summed E-state index contributed by atoms with van der Waals surface area (Å²) >= 11 is 0. The van der Waals surface area contributed by atoms with Gasteiger partial charge in [-0.15, -0.1) is 0 Å². The molecule has 0 aromatic carbocycles. The van der Waals surface area contributed by atoms with Crippen molar-refractivity contribution in [3.05, 3.63) is 11.6 Å². The number of carboxylic acids is 1. The third kappa shape index (κ3) is 8.74. The fourth-order valence-electron chi connectivity index (χ4n) is 13.4. The van der Waals surface area contributed by atoms with Gasteiger partial charge in [-0.1, -0.05) is 106 Å². The second-order valence-electron chi connectivity index (χ2n) is 21.0. The van der Waals surface area contributed by atoms with Crippen molar-refractivity contribution in [2.24, 2.45) is 50.2 Å². The molecule has 55 heavy (non-hydrogen) atoms. The molecule has 0 aliphatic heterocycles. The van der Waals surface area contributed by atoms with Crippen LogP contribution in [0, 0.1) is 50.2 Å². The number of fused-ring (bicyclic) bond motifs is 7. The van der Waals surface area contributed by atoms with E-state index in [9.17, 15) is 19.2 Å². The van der Waals surface area contributed by atoms with Gasteiger partial charge in [0.05, 0.1) is 5.41 Å². The Hall–Kier alpha value is -2.38. The Balaban J connectivity index is 1.19. The lowest BCUT2D eigenvalue weighted by Gasteiger charge is -2.71. The molecule has 5 aliphatic carbocycles. The summed E-state index contributed by atoms with van der Waals surface area (Å²) in [6, 6.07) is 0. The Labute approximate surface area is 333 Å². The molecule has 0 radical (unpaired) electrons. The molecular weight excluding hydrogens is 689 g/mol. The van der Waals surface area contributed by atoms with Gasteiger partial charge in [-0.2, -0.15) is 0 Å².